The Morgan fingerprint density at radius 1 is 0.443 bits per heavy atom. The molecular formula is C48H56Cu2F3N13S4. The first-order valence-electron chi connectivity index (χ1n) is 22.3. The Kier molecular flexibility index (Phi) is 27.5. The van der Waals surface area contributed by atoms with Gasteiger partial charge in [-0.05, 0) is 78.6 Å². The van der Waals surface area contributed by atoms with E-state index in [4.69, 9.17) is 55.5 Å². The van der Waals surface area contributed by atoms with Crippen molar-refractivity contribution >= 4 is 94.0 Å². The Bertz CT molecular complexity index is 2460. The van der Waals surface area contributed by atoms with Crippen LogP contribution in [0.3, 0.4) is 0 Å². The summed E-state index contributed by atoms with van der Waals surface area (Å²) in [6.07, 6.45) is -2.28. The molecule has 0 spiro atoms. The van der Waals surface area contributed by atoms with Crippen LogP contribution in [0.25, 0.3) is 0 Å². The smallest absolute Gasteiger partial charge is 0.741 e. The van der Waals surface area contributed by atoms with E-state index >= 15 is 0 Å². The molecule has 3 aromatic carbocycles. The molecule has 0 unspecified atom stereocenters. The van der Waals surface area contributed by atoms with E-state index in [1.807, 2.05) is 129 Å². The minimum absolute atomic E-state index is 0. The maximum atomic E-state index is 13.7. The average molecular weight is 1130 g/mol. The van der Waals surface area contributed by atoms with Gasteiger partial charge in [-0.3, -0.25) is 4.98 Å². The number of benzene rings is 3. The first-order chi connectivity index (χ1) is 32.7. The van der Waals surface area contributed by atoms with Crippen LogP contribution >= 0.6 is 0 Å². The fourth-order valence-electron chi connectivity index (χ4n) is 6.43. The van der Waals surface area contributed by atoms with Gasteiger partial charge in [-0.15, -0.1) is 20.4 Å². The van der Waals surface area contributed by atoms with Crippen molar-refractivity contribution in [2.24, 2.45) is 40.8 Å². The zero-order valence-electron chi connectivity index (χ0n) is 39.9. The molecule has 0 aliphatic rings. The van der Waals surface area contributed by atoms with Crippen LogP contribution in [0.4, 0.5) is 13.2 Å². The van der Waals surface area contributed by atoms with Gasteiger partial charge in [-0.1, -0.05) is 78.9 Å². The Morgan fingerprint density at radius 2 is 0.786 bits per heavy atom. The molecular weight excluding hydrogens is 1070 g/mol. The van der Waals surface area contributed by atoms with Gasteiger partial charge in [0.15, 0.2) is 0 Å². The maximum absolute atomic E-state index is 13.7. The standard InChI is InChI=1S/C48H60F3N13S4.2Cu/c1-8-61(9-2)44(65)57-53-40(35-21-17-15-18-22-35)41(37-26-28-38(29-27-37)48(49,50)51)54-60-47(68)64(14-7)32-31-34-25-30-39(52-33-34)43(56-59-46(67)63(12-5)13-6)42(36-23-19-16-20-24-36)55-58-45(66)62(10-3)11-4;;/h15-30,33H,8-14,31-32H2,1-7H3,(H,57,65)(H,58,66)(H,59,67)(H,60,68);;/q;2*+2/p-4/b53-40+,54-41+,55-42+,56-43+;;. The van der Waals surface area contributed by atoms with Crippen LogP contribution in [0.1, 0.15) is 82.0 Å². The SMILES string of the molecule is CCN(CC)/C([S-])=N/N=C(/C(=N/N=C(\[S-])N(CC)CCc1ccc(C(=N\N=C(/[S-])N(CC)CC)/C(=N/N=C(\[S-])N(CC)CC)c2ccccc2)nc1)c1ccc(C(F)(F)F)cc1)c1ccccc1.[Cu+2].[Cu+2]. The van der Waals surface area contributed by atoms with E-state index in [0.29, 0.717) is 97.4 Å². The van der Waals surface area contributed by atoms with Crippen LogP contribution in [0.5, 0.6) is 0 Å². The third-order valence-corrected chi connectivity index (χ3v) is 11.8. The van der Waals surface area contributed by atoms with Crippen molar-refractivity contribution in [3.63, 3.8) is 0 Å². The average Bonchev–Trinajstić information content (AvgIpc) is 3.35. The van der Waals surface area contributed by atoms with Crippen molar-refractivity contribution in [1.82, 2.24) is 24.6 Å². The second-order valence-electron chi connectivity index (χ2n) is 14.5. The molecule has 4 rings (SSSR count). The number of alkyl halides is 3. The normalized spacial score (nSPS) is 13.3. The molecule has 380 valence electrons. The molecule has 2 radical (unpaired) electrons. The number of hydrogen-bond donors (Lipinski definition) is 0. The molecule has 0 amide bonds. The van der Waals surface area contributed by atoms with Crippen LogP contribution in [0.15, 0.2) is 144 Å². The summed E-state index contributed by atoms with van der Waals surface area (Å²) in [5.74, 6) is 0. The first-order valence-corrected chi connectivity index (χ1v) is 23.9. The predicted molar refractivity (Wildman–Crippen MR) is 284 cm³/mol. The fraction of sp³-hybridized carbons (Fsp3) is 0.354. The molecule has 0 fully saturated rings. The van der Waals surface area contributed by atoms with E-state index in [9.17, 15) is 13.2 Å². The summed E-state index contributed by atoms with van der Waals surface area (Å²) >= 11 is 22.6. The van der Waals surface area contributed by atoms with Crippen molar-refractivity contribution in [1.29, 1.82) is 0 Å². The van der Waals surface area contributed by atoms with E-state index in [-0.39, 0.29) is 55.9 Å². The van der Waals surface area contributed by atoms with E-state index in [1.165, 1.54) is 12.1 Å². The van der Waals surface area contributed by atoms with Gasteiger partial charge in [0, 0.05) is 95.9 Å². The van der Waals surface area contributed by atoms with Crippen molar-refractivity contribution in [3.05, 3.63) is 137 Å². The molecule has 0 saturated carbocycles. The fourth-order valence-corrected chi connectivity index (χ4v) is 7.58. The zero-order valence-corrected chi connectivity index (χ0v) is 45.0. The van der Waals surface area contributed by atoms with Gasteiger partial charge < -0.3 is 70.1 Å². The molecule has 4 aromatic rings. The van der Waals surface area contributed by atoms with Gasteiger partial charge in [-0.25, -0.2) is 0 Å². The number of hydrogen-bond acceptors (Lipinski definition) is 13. The monoisotopic (exact) mass is 1130 g/mol. The summed E-state index contributed by atoms with van der Waals surface area (Å²) < 4.78 is 41.0. The van der Waals surface area contributed by atoms with Gasteiger partial charge >= 0.3 is 40.3 Å². The second kappa shape index (κ2) is 31.4. The Balaban J connectivity index is 0.00000840. The van der Waals surface area contributed by atoms with Gasteiger partial charge in [0.05, 0.1) is 11.3 Å². The minimum Gasteiger partial charge on any atom is -0.741 e. The number of nitrogens with zero attached hydrogens (tertiary/aromatic N) is 13. The topological polar surface area (TPSA) is 125 Å². The summed E-state index contributed by atoms with van der Waals surface area (Å²) in [6, 6.07) is 26.9. The maximum Gasteiger partial charge on any atom is 2.00 e. The van der Waals surface area contributed by atoms with Crippen molar-refractivity contribution < 1.29 is 47.3 Å². The predicted octanol–water partition coefficient (Wildman–Crippen LogP) is 8.51. The van der Waals surface area contributed by atoms with Crippen LogP contribution in [-0.4, -0.2) is 120 Å². The Hall–Kier alpha value is -4.92. The number of halogens is 3. The van der Waals surface area contributed by atoms with Gasteiger partial charge in [-0.2, -0.15) is 33.6 Å². The summed E-state index contributed by atoms with van der Waals surface area (Å²) in [6.45, 7) is 18.6. The third-order valence-electron chi connectivity index (χ3n) is 10.5. The van der Waals surface area contributed by atoms with Gasteiger partial charge in [0.1, 0.15) is 22.8 Å². The first kappa shape index (κ1) is 61.2. The quantitative estimate of drug-likeness (QED) is 0.0282. The Labute approximate surface area is 453 Å². The molecule has 0 atom stereocenters. The van der Waals surface area contributed by atoms with Crippen molar-refractivity contribution in [2.75, 3.05) is 52.4 Å². The molecule has 22 heteroatoms. The Morgan fingerprint density at radius 3 is 1.13 bits per heavy atom. The largest absolute Gasteiger partial charge is 2.00 e. The van der Waals surface area contributed by atoms with Gasteiger partial charge in [0.25, 0.3) is 0 Å². The van der Waals surface area contributed by atoms with E-state index in [1.54, 1.807) is 18.3 Å². The molecule has 0 aliphatic heterocycles. The van der Waals surface area contributed by atoms with E-state index < -0.39 is 11.7 Å². The third kappa shape index (κ3) is 18.0. The van der Waals surface area contributed by atoms with Crippen LogP contribution in [0.2, 0.25) is 0 Å². The van der Waals surface area contributed by atoms with Crippen LogP contribution < -0.4 is 0 Å². The zero-order chi connectivity index (χ0) is 49.6. The molecule has 1 heterocycles. The number of rotatable bonds is 20. The van der Waals surface area contributed by atoms with Crippen LogP contribution in [-0.2, 0) is 97.2 Å². The number of amidine groups is 4. The second-order valence-corrected chi connectivity index (χ2v) is 16.0. The van der Waals surface area contributed by atoms with E-state index in [2.05, 4.69) is 40.8 Å². The summed E-state index contributed by atoms with van der Waals surface area (Å²) in [5.41, 5.74) is 3.34. The molecule has 0 aliphatic carbocycles. The molecule has 13 nitrogen and oxygen atoms in total. The summed E-state index contributed by atoms with van der Waals surface area (Å²) in [5, 5.41) is 37.2. The number of aromatic nitrogens is 1. The number of pyridine rings is 1. The molecule has 70 heavy (non-hydrogen) atoms. The van der Waals surface area contributed by atoms with Crippen molar-refractivity contribution in [2.45, 2.75) is 61.1 Å². The summed E-state index contributed by atoms with van der Waals surface area (Å²) in [7, 11) is 0. The van der Waals surface area contributed by atoms with Crippen molar-refractivity contribution in [3.8, 4) is 0 Å². The molecule has 0 saturated heterocycles. The molecule has 0 bridgehead atoms. The van der Waals surface area contributed by atoms with Gasteiger partial charge in [0.2, 0.25) is 0 Å². The van der Waals surface area contributed by atoms with Crippen LogP contribution in [0, 0.1) is 0 Å². The number of likely N-dealkylation sites (N-methyl/N-ethyl adjacent to an activating group) is 1. The van der Waals surface area contributed by atoms with E-state index in [0.717, 1.165) is 23.3 Å². The minimum atomic E-state index is -4.54. The summed E-state index contributed by atoms with van der Waals surface area (Å²) in [4.78, 5) is 12.4. The molecule has 0 N–H and O–H groups in total. The molecule has 1 aromatic heterocycles.